The monoisotopic (exact) mass is 416 g/mol. The van der Waals surface area contributed by atoms with Crippen molar-refractivity contribution in [3.05, 3.63) is 60.7 Å². The van der Waals surface area contributed by atoms with Crippen LogP contribution >= 0.6 is 0 Å². The molecule has 5 rings (SSSR count). The van der Waals surface area contributed by atoms with Gasteiger partial charge in [0.25, 0.3) is 5.91 Å². The number of hydrogen-bond donors (Lipinski definition) is 1. The molecule has 0 fully saturated rings. The van der Waals surface area contributed by atoms with Crippen LogP contribution in [0.3, 0.4) is 0 Å². The van der Waals surface area contributed by atoms with Crippen LogP contribution in [0, 0.1) is 0 Å². The lowest BCUT2D eigenvalue weighted by Gasteiger charge is -2.32. The Bertz CT molecular complexity index is 1330. The maximum Gasteiger partial charge on any atom is 0.268 e. The van der Waals surface area contributed by atoms with Gasteiger partial charge in [-0.1, -0.05) is 30.3 Å². The van der Waals surface area contributed by atoms with Crippen LogP contribution < -0.4 is 19.7 Å². The number of benzene rings is 3. The van der Waals surface area contributed by atoms with Crippen molar-refractivity contribution in [1.82, 2.24) is 0 Å². The second kappa shape index (κ2) is 7.36. The van der Waals surface area contributed by atoms with Crippen molar-refractivity contribution < 1.29 is 23.5 Å². The lowest BCUT2D eigenvalue weighted by Crippen LogP contribution is -2.47. The van der Waals surface area contributed by atoms with E-state index in [1.807, 2.05) is 36.4 Å². The maximum absolute atomic E-state index is 12.9. The van der Waals surface area contributed by atoms with E-state index >= 15 is 0 Å². The Balaban J connectivity index is 1.45. The molecule has 7 heteroatoms. The van der Waals surface area contributed by atoms with Crippen molar-refractivity contribution in [2.24, 2.45) is 0 Å². The highest BCUT2D eigenvalue weighted by atomic mass is 16.5. The summed E-state index contributed by atoms with van der Waals surface area (Å²) < 4.78 is 17.0. The summed E-state index contributed by atoms with van der Waals surface area (Å²) in [6.07, 6.45) is -0.663. The minimum absolute atomic E-state index is 0.148. The van der Waals surface area contributed by atoms with Gasteiger partial charge in [-0.05, 0) is 31.2 Å². The Hall–Kier alpha value is -4.00. The molecule has 0 radical (unpaired) electrons. The molecule has 0 spiro atoms. The number of fused-ring (bicyclic) bond motifs is 4. The highest BCUT2D eigenvalue weighted by Gasteiger charge is 2.32. The number of amides is 2. The zero-order valence-electron chi connectivity index (χ0n) is 17.0. The summed E-state index contributed by atoms with van der Waals surface area (Å²) >= 11 is 0. The van der Waals surface area contributed by atoms with Gasteiger partial charge in [0.1, 0.15) is 29.2 Å². The standard InChI is InChI=1S/C24H20N2O5/c1-14-24(28)26(18-8-4-6-10-20(18)30-14)13-23(27)25-17-12-21-16(11-22(17)29-2)15-7-3-5-9-19(15)31-21/h3-12,14H,13H2,1-2H3,(H,25,27)/t14-/m0/s1. The van der Waals surface area contributed by atoms with Gasteiger partial charge >= 0.3 is 0 Å². The number of ether oxygens (including phenoxy) is 2. The average Bonchev–Trinajstić information content (AvgIpc) is 3.13. The smallest absolute Gasteiger partial charge is 0.268 e. The molecule has 31 heavy (non-hydrogen) atoms. The summed E-state index contributed by atoms with van der Waals surface area (Å²) in [5.74, 6) is 0.456. The quantitative estimate of drug-likeness (QED) is 0.535. The van der Waals surface area contributed by atoms with Crippen molar-refractivity contribution in [2.45, 2.75) is 13.0 Å². The van der Waals surface area contributed by atoms with E-state index < -0.39 is 6.10 Å². The number of anilines is 2. The van der Waals surface area contributed by atoms with Gasteiger partial charge in [0, 0.05) is 16.8 Å². The van der Waals surface area contributed by atoms with Crippen LogP contribution in [-0.4, -0.2) is 31.6 Å². The van der Waals surface area contributed by atoms with Crippen molar-refractivity contribution in [1.29, 1.82) is 0 Å². The van der Waals surface area contributed by atoms with Crippen LogP contribution in [0.1, 0.15) is 6.92 Å². The number of furan rings is 1. The first kappa shape index (κ1) is 19.0. The molecule has 1 N–H and O–H groups in total. The molecule has 1 aromatic heterocycles. The molecule has 1 atom stereocenters. The first-order valence-electron chi connectivity index (χ1n) is 9.91. The van der Waals surface area contributed by atoms with E-state index in [0.29, 0.717) is 28.5 Å². The Kier molecular flexibility index (Phi) is 4.51. The maximum atomic E-state index is 12.9. The van der Waals surface area contributed by atoms with Crippen molar-refractivity contribution >= 4 is 45.1 Å². The Morgan fingerprint density at radius 2 is 1.84 bits per heavy atom. The van der Waals surface area contributed by atoms with Crippen LogP contribution in [0.25, 0.3) is 21.9 Å². The van der Waals surface area contributed by atoms with Gasteiger partial charge in [0.05, 0.1) is 18.5 Å². The largest absolute Gasteiger partial charge is 0.495 e. The first-order valence-corrected chi connectivity index (χ1v) is 9.91. The fourth-order valence-electron chi connectivity index (χ4n) is 3.87. The molecule has 2 heterocycles. The van der Waals surface area contributed by atoms with E-state index in [-0.39, 0.29) is 18.4 Å². The Labute approximate surface area is 178 Å². The number of para-hydroxylation sites is 3. The minimum Gasteiger partial charge on any atom is -0.495 e. The van der Waals surface area contributed by atoms with E-state index in [2.05, 4.69) is 5.32 Å². The summed E-state index contributed by atoms with van der Waals surface area (Å²) in [6.45, 7) is 1.52. The summed E-state index contributed by atoms with van der Waals surface area (Å²) in [5, 5.41) is 4.72. The third-order valence-corrected chi connectivity index (χ3v) is 5.35. The average molecular weight is 416 g/mol. The highest BCUT2D eigenvalue weighted by molar-refractivity contribution is 6.09. The summed E-state index contributed by atoms with van der Waals surface area (Å²) in [7, 11) is 1.54. The summed E-state index contributed by atoms with van der Waals surface area (Å²) in [4.78, 5) is 27.0. The molecule has 1 aliphatic heterocycles. The number of carbonyl (C=O) groups is 2. The van der Waals surface area contributed by atoms with Gasteiger partial charge in [-0.25, -0.2) is 0 Å². The van der Waals surface area contributed by atoms with Crippen LogP contribution in [0.4, 0.5) is 11.4 Å². The zero-order chi connectivity index (χ0) is 21.5. The predicted molar refractivity (Wildman–Crippen MR) is 118 cm³/mol. The molecule has 1 aliphatic rings. The number of rotatable bonds is 4. The fourth-order valence-corrected chi connectivity index (χ4v) is 3.87. The predicted octanol–water partition coefficient (Wildman–Crippen LogP) is 4.35. The summed E-state index contributed by atoms with van der Waals surface area (Å²) in [5.41, 5.74) is 2.44. The normalized spacial score (nSPS) is 15.6. The van der Waals surface area contributed by atoms with E-state index in [1.165, 1.54) is 4.90 Å². The molecule has 0 saturated heterocycles. The zero-order valence-corrected chi connectivity index (χ0v) is 17.0. The van der Waals surface area contributed by atoms with Gasteiger partial charge in [0.15, 0.2) is 6.10 Å². The van der Waals surface area contributed by atoms with Crippen LogP contribution in [0.15, 0.2) is 65.1 Å². The van der Waals surface area contributed by atoms with E-state index in [1.54, 1.807) is 38.3 Å². The Morgan fingerprint density at radius 1 is 1.06 bits per heavy atom. The fraction of sp³-hybridized carbons (Fsp3) is 0.167. The van der Waals surface area contributed by atoms with Crippen molar-refractivity contribution in [3.8, 4) is 11.5 Å². The molecular weight excluding hydrogens is 396 g/mol. The number of methoxy groups -OCH3 is 1. The third-order valence-electron chi connectivity index (χ3n) is 5.35. The van der Waals surface area contributed by atoms with E-state index in [0.717, 1.165) is 16.4 Å². The van der Waals surface area contributed by atoms with Gasteiger partial charge in [0.2, 0.25) is 5.91 Å². The number of hydrogen-bond acceptors (Lipinski definition) is 5. The van der Waals surface area contributed by atoms with Crippen molar-refractivity contribution in [2.75, 3.05) is 23.9 Å². The third kappa shape index (κ3) is 3.24. The molecule has 4 aromatic rings. The minimum atomic E-state index is -0.663. The van der Waals surface area contributed by atoms with Gasteiger partial charge in [-0.15, -0.1) is 0 Å². The molecule has 0 aliphatic carbocycles. The second-order valence-electron chi connectivity index (χ2n) is 7.35. The molecule has 2 amide bonds. The van der Waals surface area contributed by atoms with Gasteiger partial charge < -0.3 is 19.2 Å². The SMILES string of the molecule is COc1cc2c(cc1NC(=O)CN1C(=O)[C@H](C)Oc3ccccc31)oc1ccccc12. The molecule has 0 unspecified atom stereocenters. The number of nitrogens with one attached hydrogen (secondary N) is 1. The molecule has 0 saturated carbocycles. The number of nitrogens with zero attached hydrogens (tertiary/aromatic N) is 1. The summed E-state index contributed by atoms with van der Waals surface area (Å²) in [6, 6.07) is 18.5. The first-order chi connectivity index (χ1) is 15.0. The van der Waals surface area contributed by atoms with Crippen LogP contribution in [-0.2, 0) is 9.59 Å². The second-order valence-corrected chi connectivity index (χ2v) is 7.35. The lowest BCUT2D eigenvalue weighted by atomic mass is 10.1. The molecule has 3 aromatic carbocycles. The Morgan fingerprint density at radius 3 is 2.68 bits per heavy atom. The van der Waals surface area contributed by atoms with Crippen LogP contribution in [0.2, 0.25) is 0 Å². The molecular formula is C24H20N2O5. The lowest BCUT2D eigenvalue weighted by molar-refractivity contribution is -0.127. The molecule has 156 valence electrons. The molecule has 0 bridgehead atoms. The van der Waals surface area contributed by atoms with E-state index in [4.69, 9.17) is 13.9 Å². The van der Waals surface area contributed by atoms with Crippen molar-refractivity contribution in [3.63, 3.8) is 0 Å². The highest BCUT2D eigenvalue weighted by Crippen LogP contribution is 2.37. The van der Waals surface area contributed by atoms with Crippen LogP contribution in [0.5, 0.6) is 11.5 Å². The van der Waals surface area contributed by atoms with E-state index in [9.17, 15) is 9.59 Å². The topological polar surface area (TPSA) is 81.0 Å². The van der Waals surface area contributed by atoms with Gasteiger partial charge in [-0.2, -0.15) is 0 Å². The molecule has 7 nitrogen and oxygen atoms in total. The number of carbonyl (C=O) groups excluding carboxylic acids is 2. The van der Waals surface area contributed by atoms with Gasteiger partial charge in [-0.3, -0.25) is 14.5 Å².